The highest BCUT2D eigenvalue weighted by atomic mass is 19.1. The van der Waals surface area contributed by atoms with E-state index >= 15 is 0 Å². The Balaban J connectivity index is 1.94. The summed E-state index contributed by atoms with van der Waals surface area (Å²) in [5, 5.41) is 17.3. The first-order chi connectivity index (χ1) is 12.4. The molecule has 136 valence electrons. The number of rotatable bonds is 6. The number of halogens is 3. The molecule has 2 heterocycles. The number of aromatic amines is 1. The predicted octanol–water partition coefficient (Wildman–Crippen LogP) is 0.779. The number of anilines is 1. The molecule has 0 aliphatic rings. The van der Waals surface area contributed by atoms with Crippen molar-refractivity contribution in [1.29, 1.82) is 0 Å². The number of hydrogen-bond acceptors (Lipinski definition) is 6. The first kappa shape index (κ1) is 17.6. The van der Waals surface area contributed by atoms with Crippen molar-refractivity contribution in [2.75, 3.05) is 11.9 Å². The molecule has 0 saturated carbocycles. The highest BCUT2D eigenvalue weighted by Crippen LogP contribution is 2.27. The largest absolute Gasteiger partial charge is 0.381 e. The van der Waals surface area contributed by atoms with Crippen molar-refractivity contribution in [3.63, 3.8) is 0 Å². The van der Waals surface area contributed by atoms with E-state index < -0.39 is 35.3 Å². The molecule has 0 fully saturated rings. The van der Waals surface area contributed by atoms with Crippen molar-refractivity contribution in [1.82, 2.24) is 24.7 Å². The van der Waals surface area contributed by atoms with Crippen LogP contribution in [0.2, 0.25) is 0 Å². The number of hydrogen-bond donors (Lipinski definition) is 3. The van der Waals surface area contributed by atoms with Gasteiger partial charge in [-0.1, -0.05) is 6.07 Å². The molecule has 0 radical (unpaired) electrons. The summed E-state index contributed by atoms with van der Waals surface area (Å²) in [6.45, 7) is -0.689. The lowest BCUT2D eigenvalue weighted by atomic mass is 9.93. The van der Waals surface area contributed by atoms with Gasteiger partial charge in [-0.3, -0.25) is 4.98 Å². The normalized spacial score (nSPS) is 13.4. The van der Waals surface area contributed by atoms with Gasteiger partial charge in [0, 0.05) is 11.6 Å². The number of benzene rings is 1. The highest BCUT2D eigenvalue weighted by Gasteiger charge is 2.34. The topological polar surface area (TPSA) is 109 Å². The summed E-state index contributed by atoms with van der Waals surface area (Å²) in [4.78, 5) is 20.3. The molecule has 3 rings (SSSR count). The molecule has 11 heteroatoms. The molecule has 8 nitrogen and oxygen atoms in total. The van der Waals surface area contributed by atoms with Crippen LogP contribution < -0.4 is 11.0 Å². The number of H-pyrrole nitrogens is 1. The van der Waals surface area contributed by atoms with Crippen molar-refractivity contribution < 1.29 is 18.3 Å². The van der Waals surface area contributed by atoms with Crippen LogP contribution in [0.3, 0.4) is 0 Å². The van der Waals surface area contributed by atoms with Crippen LogP contribution in [0.4, 0.5) is 19.0 Å². The van der Waals surface area contributed by atoms with Crippen molar-refractivity contribution >= 4 is 5.82 Å². The summed E-state index contributed by atoms with van der Waals surface area (Å²) in [6, 6.07) is 2.69. The molecule has 0 aliphatic carbocycles. The van der Waals surface area contributed by atoms with Gasteiger partial charge in [0.15, 0.2) is 5.82 Å². The molecule has 0 amide bonds. The quantitative estimate of drug-likeness (QED) is 0.595. The second-order valence-electron chi connectivity index (χ2n) is 5.51. The molecule has 1 atom stereocenters. The Morgan fingerprint density at radius 3 is 2.77 bits per heavy atom. The van der Waals surface area contributed by atoms with E-state index in [-0.39, 0.29) is 17.9 Å². The van der Waals surface area contributed by atoms with Crippen molar-refractivity contribution in [2.45, 2.75) is 12.1 Å². The Kier molecular flexibility index (Phi) is 4.71. The van der Waals surface area contributed by atoms with Crippen molar-refractivity contribution in [3.8, 4) is 0 Å². The summed E-state index contributed by atoms with van der Waals surface area (Å²) >= 11 is 0. The van der Waals surface area contributed by atoms with Crippen LogP contribution in [-0.4, -0.2) is 36.4 Å². The third-order valence-electron chi connectivity index (χ3n) is 3.65. The molecular weight excluding hydrogens is 353 g/mol. The van der Waals surface area contributed by atoms with E-state index in [4.69, 9.17) is 0 Å². The second kappa shape index (κ2) is 6.96. The summed E-state index contributed by atoms with van der Waals surface area (Å²) in [5.41, 5.74) is -3.00. The standard InChI is InChI=1S/C15H13F3N6O2/c16-9-1-2-10(11(17)3-9)15(26,6-24-8-19-7-22-24)5-21-13-12(18)4-20-14(25)23-13/h1-4,7-8,26H,5-6H2,(H2,20,21,23,25). The van der Waals surface area contributed by atoms with Gasteiger partial charge in [-0.25, -0.2) is 27.6 Å². The third kappa shape index (κ3) is 3.72. The lowest BCUT2D eigenvalue weighted by molar-refractivity contribution is 0.0246. The molecular formula is C15H13F3N6O2. The molecule has 2 aromatic heterocycles. The average molecular weight is 366 g/mol. The Morgan fingerprint density at radius 1 is 1.27 bits per heavy atom. The number of aliphatic hydroxyl groups is 1. The fourth-order valence-corrected chi connectivity index (χ4v) is 2.43. The molecule has 0 bridgehead atoms. The van der Waals surface area contributed by atoms with Crippen LogP contribution in [0.15, 0.2) is 41.8 Å². The van der Waals surface area contributed by atoms with Crippen LogP contribution in [0, 0.1) is 17.5 Å². The first-order valence-corrected chi connectivity index (χ1v) is 7.36. The molecule has 1 unspecified atom stereocenters. The van der Waals surface area contributed by atoms with Gasteiger partial charge in [-0.2, -0.15) is 10.1 Å². The van der Waals surface area contributed by atoms with Gasteiger partial charge in [0.05, 0.1) is 19.3 Å². The van der Waals surface area contributed by atoms with E-state index in [1.54, 1.807) is 0 Å². The molecule has 0 saturated heterocycles. The van der Waals surface area contributed by atoms with Gasteiger partial charge in [0.25, 0.3) is 0 Å². The lowest BCUT2D eigenvalue weighted by Gasteiger charge is -2.29. The number of aromatic nitrogens is 5. The average Bonchev–Trinajstić information content (AvgIpc) is 3.08. The monoisotopic (exact) mass is 366 g/mol. The maximum absolute atomic E-state index is 14.2. The van der Waals surface area contributed by atoms with Crippen LogP contribution in [0.25, 0.3) is 0 Å². The minimum atomic E-state index is -1.96. The number of nitrogens with zero attached hydrogens (tertiary/aromatic N) is 4. The Labute approximate surface area is 144 Å². The first-order valence-electron chi connectivity index (χ1n) is 7.36. The van der Waals surface area contributed by atoms with Gasteiger partial charge >= 0.3 is 5.69 Å². The maximum Gasteiger partial charge on any atom is 0.346 e. The third-order valence-corrected chi connectivity index (χ3v) is 3.65. The predicted molar refractivity (Wildman–Crippen MR) is 83.6 cm³/mol. The van der Waals surface area contributed by atoms with Crippen LogP contribution in [0.1, 0.15) is 5.56 Å². The molecule has 1 aromatic carbocycles. The zero-order valence-corrected chi connectivity index (χ0v) is 13.2. The Bertz CT molecular complexity index is 962. The molecule has 3 N–H and O–H groups in total. The number of nitrogens with one attached hydrogen (secondary N) is 2. The summed E-state index contributed by atoms with van der Waals surface area (Å²) < 4.78 is 42.4. The van der Waals surface area contributed by atoms with Crippen LogP contribution in [0.5, 0.6) is 0 Å². The van der Waals surface area contributed by atoms with Gasteiger partial charge in [0.2, 0.25) is 0 Å². The molecule has 26 heavy (non-hydrogen) atoms. The fraction of sp³-hybridized carbons (Fsp3) is 0.200. The fourth-order valence-electron chi connectivity index (χ4n) is 2.43. The van der Waals surface area contributed by atoms with Gasteiger partial charge < -0.3 is 10.4 Å². The minimum absolute atomic E-state index is 0.237. The second-order valence-corrected chi connectivity index (χ2v) is 5.51. The minimum Gasteiger partial charge on any atom is -0.381 e. The summed E-state index contributed by atoms with van der Waals surface area (Å²) in [6.07, 6.45) is 3.21. The summed E-state index contributed by atoms with van der Waals surface area (Å²) in [7, 11) is 0. The highest BCUT2D eigenvalue weighted by molar-refractivity contribution is 5.36. The molecule has 0 spiro atoms. The van der Waals surface area contributed by atoms with Gasteiger partial charge in [0.1, 0.15) is 35.7 Å². The van der Waals surface area contributed by atoms with E-state index in [9.17, 15) is 23.1 Å². The molecule has 0 aliphatic heterocycles. The van der Waals surface area contributed by atoms with E-state index in [2.05, 4.69) is 25.4 Å². The summed E-state index contributed by atoms with van der Waals surface area (Å²) in [5.74, 6) is -3.00. The van der Waals surface area contributed by atoms with E-state index in [1.165, 1.54) is 17.3 Å². The zero-order chi connectivity index (χ0) is 18.7. The smallest absolute Gasteiger partial charge is 0.346 e. The Hall–Kier alpha value is -3.21. The van der Waals surface area contributed by atoms with Gasteiger partial charge in [-0.05, 0) is 6.07 Å². The van der Waals surface area contributed by atoms with Crippen LogP contribution in [-0.2, 0) is 12.1 Å². The van der Waals surface area contributed by atoms with E-state index in [0.717, 1.165) is 12.1 Å². The van der Waals surface area contributed by atoms with Crippen molar-refractivity contribution in [2.24, 2.45) is 0 Å². The van der Waals surface area contributed by atoms with Crippen molar-refractivity contribution in [3.05, 3.63) is 70.5 Å². The van der Waals surface area contributed by atoms with Gasteiger partial charge in [-0.15, -0.1) is 0 Å². The van der Waals surface area contributed by atoms with E-state index in [1.807, 2.05) is 0 Å². The SMILES string of the molecule is O=c1ncc(F)c(NCC(O)(Cn2cncn2)c2ccc(F)cc2F)[nH]1. The van der Waals surface area contributed by atoms with E-state index in [0.29, 0.717) is 12.3 Å². The van der Waals surface area contributed by atoms with Crippen LogP contribution >= 0.6 is 0 Å². The Morgan fingerprint density at radius 2 is 2.08 bits per heavy atom. The zero-order valence-electron chi connectivity index (χ0n) is 13.2. The molecule has 3 aromatic rings. The lowest BCUT2D eigenvalue weighted by Crippen LogP contribution is -2.40. The maximum atomic E-state index is 14.2.